The summed E-state index contributed by atoms with van der Waals surface area (Å²) in [6.45, 7) is 0.714. The monoisotopic (exact) mass is 301 g/mol. The van der Waals surface area contributed by atoms with E-state index in [9.17, 15) is 5.11 Å². The smallest absolute Gasteiger partial charge is 0.118 e. The summed E-state index contributed by atoms with van der Waals surface area (Å²) in [4.78, 5) is 3.92. The molecule has 104 valence electrons. The van der Waals surface area contributed by atoms with Crippen LogP contribution < -0.4 is 11.1 Å². The molecule has 0 spiro atoms. The molecule has 0 aliphatic carbocycles. The van der Waals surface area contributed by atoms with Crippen LogP contribution in [0.5, 0.6) is 5.75 Å². The number of nitrogens with zero attached hydrogens (tertiary/aromatic N) is 1. The molecule has 0 atom stereocenters. The number of aromatic nitrogens is 1. The van der Waals surface area contributed by atoms with Gasteiger partial charge in [-0.3, -0.25) is 4.98 Å². The van der Waals surface area contributed by atoms with Gasteiger partial charge in [-0.05, 0) is 24.1 Å². The number of para-hydroxylation sites is 1. The van der Waals surface area contributed by atoms with E-state index in [1.54, 1.807) is 18.5 Å². The lowest BCUT2D eigenvalue weighted by Gasteiger charge is -2.09. The Hall–Kier alpha value is -1.65. The molecule has 1 heterocycles. The molecular formula is C13H17Cl2N3O. The average molecular weight is 302 g/mol. The molecule has 1 aromatic carbocycles. The van der Waals surface area contributed by atoms with Crippen molar-refractivity contribution in [1.29, 1.82) is 0 Å². The van der Waals surface area contributed by atoms with E-state index >= 15 is 0 Å². The predicted octanol–water partition coefficient (Wildman–Crippen LogP) is 2.87. The molecule has 0 fully saturated rings. The highest BCUT2D eigenvalue weighted by atomic mass is 35.5. The van der Waals surface area contributed by atoms with Crippen LogP contribution in [0.3, 0.4) is 0 Å². The maximum absolute atomic E-state index is 9.60. The maximum atomic E-state index is 9.60. The summed E-state index contributed by atoms with van der Waals surface area (Å²) in [5, 5.41) is 12.8. The highest BCUT2D eigenvalue weighted by molar-refractivity contribution is 5.85. The van der Waals surface area contributed by atoms with Crippen molar-refractivity contribution in [2.45, 2.75) is 6.42 Å². The van der Waals surface area contributed by atoms with Gasteiger partial charge in [-0.15, -0.1) is 24.8 Å². The second kappa shape index (κ2) is 8.45. The molecule has 2 rings (SSSR count). The second-order valence-corrected chi connectivity index (χ2v) is 3.77. The first-order valence-corrected chi connectivity index (χ1v) is 5.47. The summed E-state index contributed by atoms with van der Waals surface area (Å²) in [6, 6.07) is 9.16. The van der Waals surface area contributed by atoms with E-state index in [0.717, 1.165) is 17.7 Å². The maximum Gasteiger partial charge on any atom is 0.118 e. The van der Waals surface area contributed by atoms with Crippen LogP contribution in [0.2, 0.25) is 0 Å². The molecule has 4 nitrogen and oxygen atoms in total. The zero-order valence-corrected chi connectivity index (χ0v) is 11.9. The minimum Gasteiger partial charge on any atom is -0.508 e. The molecule has 0 saturated carbocycles. The predicted molar refractivity (Wildman–Crippen MR) is 83.4 cm³/mol. The summed E-state index contributed by atoms with van der Waals surface area (Å²) in [7, 11) is 0. The molecule has 2 aromatic rings. The van der Waals surface area contributed by atoms with Gasteiger partial charge in [0.05, 0.1) is 17.6 Å². The lowest BCUT2D eigenvalue weighted by molar-refractivity contribution is 0.468. The third-order valence-corrected chi connectivity index (χ3v) is 2.55. The minimum absolute atomic E-state index is 0. The average Bonchev–Trinajstić information content (AvgIpc) is 2.34. The van der Waals surface area contributed by atoms with Crippen molar-refractivity contribution in [3.63, 3.8) is 0 Å². The number of nitrogens with one attached hydrogen (secondary N) is 1. The number of aromatic hydroxyl groups is 1. The van der Waals surface area contributed by atoms with Crippen molar-refractivity contribution in [2.24, 2.45) is 0 Å². The number of phenols is 1. The molecule has 0 radical (unpaired) electrons. The van der Waals surface area contributed by atoms with Gasteiger partial charge < -0.3 is 16.2 Å². The van der Waals surface area contributed by atoms with Crippen LogP contribution in [-0.2, 0) is 6.42 Å². The van der Waals surface area contributed by atoms with Crippen molar-refractivity contribution in [3.05, 3.63) is 48.3 Å². The van der Waals surface area contributed by atoms with Gasteiger partial charge >= 0.3 is 0 Å². The number of rotatable bonds is 4. The van der Waals surface area contributed by atoms with Gasteiger partial charge in [0, 0.05) is 12.7 Å². The quantitative estimate of drug-likeness (QED) is 0.812. The number of nitrogens with two attached hydrogens (primary N) is 1. The molecule has 0 aliphatic rings. The number of phenolic OH excluding ortho intramolecular Hbond substituents is 1. The van der Waals surface area contributed by atoms with E-state index < -0.39 is 0 Å². The van der Waals surface area contributed by atoms with Gasteiger partial charge in [-0.2, -0.15) is 0 Å². The molecular weight excluding hydrogens is 285 g/mol. The van der Waals surface area contributed by atoms with Crippen LogP contribution in [0.1, 0.15) is 5.56 Å². The topological polar surface area (TPSA) is 71.2 Å². The fourth-order valence-corrected chi connectivity index (χ4v) is 1.62. The standard InChI is InChI=1S/C13H15N3O.2ClH/c14-11-9-15-7-6-12(11)16-8-5-10-3-1-2-4-13(10)17;;/h1-4,6-7,9,17H,5,8,14H2,(H,15,16);2*1H. The van der Waals surface area contributed by atoms with Gasteiger partial charge in [-0.1, -0.05) is 18.2 Å². The lowest BCUT2D eigenvalue weighted by atomic mass is 10.1. The first-order valence-electron chi connectivity index (χ1n) is 5.47. The minimum atomic E-state index is 0. The molecule has 0 aliphatic heterocycles. The van der Waals surface area contributed by atoms with Crippen LogP contribution in [0.25, 0.3) is 0 Å². The first-order chi connectivity index (χ1) is 8.27. The van der Waals surface area contributed by atoms with Crippen molar-refractivity contribution in [3.8, 4) is 5.75 Å². The second-order valence-electron chi connectivity index (χ2n) is 3.77. The molecule has 0 unspecified atom stereocenters. The first kappa shape index (κ1) is 17.4. The fourth-order valence-electron chi connectivity index (χ4n) is 1.62. The molecule has 1 aromatic heterocycles. The van der Waals surface area contributed by atoms with E-state index in [-0.39, 0.29) is 24.8 Å². The Morgan fingerprint density at radius 2 is 1.89 bits per heavy atom. The Morgan fingerprint density at radius 3 is 2.58 bits per heavy atom. The summed E-state index contributed by atoms with van der Waals surface area (Å²) in [6.07, 6.45) is 4.05. The van der Waals surface area contributed by atoms with E-state index in [1.165, 1.54) is 0 Å². The Bertz CT molecular complexity index is 463. The highest BCUT2D eigenvalue weighted by Crippen LogP contribution is 2.18. The number of hydrogen-bond donors (Lipinski definition) is 3. The van der Waals surface area contributed by atoms with Crippen LogP contribution in [0, 0.1) is 0 Å². The van der Waals surface area contributed by atoms with Gasteiger partial charge in [0.1, 0.15) is 5.75 Å². The van der Waals surface area contributed by atoms with E-state index in [1.807, 2.05) is 24.3 Å². The summed E-state index contributed by atoms with van der Waals surface area (Å²) in [5.41, 5.74) is 8.18. The van der Waals surface area contributed by atoms with Gasteiger partial charge in [0.25, 0.3) is 0 Å². The third kappa shape index (κ3) is 4.85. The van der Waals surface area contributed by atoms with Crippen LogP contribution in [0.4, 0.5) is 11.4 Å². The summed E-state index contributed by atoms with van der Waals surface area (Å²) < 4.78 is 0. The van der Waals surface area contributed by atoms with Crippen molar-refractivity contribution in [1.82, 2.24) is 4.98 Å². The Balaban J connectivity index is 0.00000162. The SMILES string of the molecule is Cl.Cl.Nc1cnccc1NCCc1ccccc1O. The summed E-state index contributed by atoms with van der Waals surface area (Å²) in [5.74, 6) is 0.331. The molecule has 0 bridgehead atoms. The lowest BCUT2D eigenvalue weighted by Crippen LogP contribution is -2.07. The highest BCUT2D eigenvalue weighted by Gasteiger charge is 2.00. The van der Waals surface area contributed by atoms with Crippen molar-refractivity contribution < 1.29 is 5.11 Å². The Kier molecular flexibility index (Phi) is 7.72. The van der Waals surface area contributed by atoms with Crippen molar-refractivity contribution in [2.75, 3.05) is 17.6 Å². The molecule has 0 amide bonds. The number of hydrogen-bond acceptors (Lipinski definition) is 4. The van der Waals surface area contributed by atoms with Gasteiger partial charge in [0.2, 0.25) is 0 Å². The molecule has 0 saturated heterocycles. The number of benzene rings is 1. The van der Waals surface area contributed by atoms with Crippen LogP contribution >= 0.6 is 24.8 Å². The van der Waals surface area contributed by atoms with E-state index in [2.05, 4.69) is 10.3 Å². The number of pyridine rings is 1. The zero-order valence-electron chi connectivity index (χ0n) is 10.2. The molecule has 4 N–H and O–H groups in total. The Morgan fingerprint density at radius 1 is 1.16 bits per heavy atom. The zero-order chi connectivity index (χ0) is 12.1. The Labute approximate surface area is 124 Å². The molecule has 6 heteroatoms. The molecule has 19 heavy (non-hydrogen) atoms. The fraction of sp³-hybridized carbons (Fsp3) is 0.154. The third-order valence-electron chi connectivity index (χ3n) is 2.55. The van der Waals surface area contributed by atoms with Gasteiger partial charge in [0.15, 0.2) is 0 Å². The van der Waals surface area contributed by atoms with Crippen LogP contribution in [0.15, 0.2) is 42.7 Å². The van der Waals surface area contributed by atoms with Crippen molar-refractivity contribution >= 4 is 36.2 Å². The van der Waals surface area contributed by atoms with Gasteiger partial charge in [-0.25, -0.2) is 0 Å². The number of anilines is 2. The van der Waals surface area contributed by atoms with E-state index in [4.69, 9.17) is 5.73 Å². The number of nitrogen functional groups attached to an aromatic ring is 1. The summed E-state index contributed by atoms with van der Waals surface area (Å²) >= 11 is 0. The van der Waals surface area contributed by atoms with E-state index in [0.29, 0.717) is 18.0 Å². The number of halogens is 2. The largest absolute Gasteiger partial charge is 0.508 e. The normalized spacial score (nSPS) is 9.05. The van der Waals surface area contributed by atoms with Crippen LogP contribution in [-0.4, -0.2) is 16.6 Å².